The topological polar surface area (TPSA) is 59.8 Å². The molecule has 0 aliphatic carbocycles. The van der Waals surface area contributed by atoms with Crippen LogP contribution < -0.4 is 4.90 Å². The number of carbonyl (C=O) groups is 2. The summed E-state index contributed by atoms with van der Waals surface area (Å²) >= 11 is 0. The summed E-state index contributed by atoms with van der Waals surface area (Å²) in [6, 6.07) is 9.92. The van der Waals surface area contributed by atoms with Gasteiger partial charge in [-0.1, -0.05) is 12.1 Å². The first-order valence-electron chi connectivity index (χ1n) is 9.18. The number of amides is 1. The van der Waals surface area contributed by atoms with Gasteiger partial charge in [-0.15, -0.1) is 0 Å². The van der Waals surface area contributed by atoms with Crippen molar-refractivity contribution >= 4 is 17.6 Å². The van der Waals surface area contributed by atoms with Gasteiger partial charge >= 0.3 is 12.1 Å². The minimum Gasteiger partial charge on any atom is -0.464 e. The second-order valence-corrected chi connectivity index (χ2v) is 6.40. The van der Waals surface area contributed by atoms with Crippen molar-refractivity contribution in [2.24, 2.45) is 0 Å². The lowest BCUT2D eigenvalue weighted by Crippen LogP contribution is -2.40. The molecule has 0 aliphatic rings. The molecule has 162 valence electrons. The Hall–Kier alpha value is -3.62. The number of benzene rings is 2. The molecule has 1 aromatic heterocycles. The Bertz CT molecular complexity index is 1030. The van der Waals surface area contributed by atoms with Crippen LogP contribution in [0.2, 0.25) is 0 Å². The number of esters is 1. The third-order valence-corrected chi connectivity index (χ3v) is 4.38. The first-order chi connectivity index (χ1) is 14.7. The molecule has 5 nitrogen and oxygen atoms in total. The number of hydrogen-bond acceptors (Lipinski definition) is 4. The average Bonchev–Trinajstić information content (AvgIpc) is 3.27. The SMILES string of the molecule is CCOC(=O)C(c1ccc(C(F)(F)F)cc1)N(C(=O)c1ccco1)c1ccc(F)cc1. The van der Waals surface area contributed by atoms with Gasteiger partial charge < -0.3 is 9.15 Å². The van der Waals surface area contributed by atoms with Crippen molar-refractivity contribution in [2.45, 2.75) is 19.1 Å². The van der Waals surface area contributed by atoms with Crippen LogP contribution in [-0.2, 0) is 15.7 Å². The van der Waals surface area contributed by atoms with Gasteiger partial charge in [0.15, 0.2) is 11.8 Å². The molecule has 0 saturated carbocycles. The van der Waals surface area contributed by atoms with Gasteiger partial charge in [0.2, 0.25) is 0 Å². The van der Waals surface area contributed by atoms with Gasteiger partial charge in [-0.05, 0) is 61.0 Å². The predicted molar refractivity (Wildman–Crippen MR) is 103 cm³/mol. The van der Waals surface area contributed by atoms with Crippen LogP contribution in [0.4, 0.5) is 23.2 Å². The third-order valence-electron chi connectivity index (χ3n) is 4.38. The third kappa shape index (κ3) is 4.93. The van der Waals surface area contributed by atoms with E-state index in [0.717, 1.165) is 41.3 Å². The fourth-order valence-electron chi connectivity index (χ4n) is 2.97. The van der Waals surface area contributed by atoms with Crippen LogP contribution in [-0.4, -0.2) is 18.5 Å². The molecule has 0 aliphatic heterocycles. The van der Waals surface area contributed by atoms with E-state index < -0.39 is 35.5 Å². The molecule has 0 N–H and O–H groups in total. The van der Waals surface area contributed by atoms with Crippen LogP contribution in [0.5, 0.6) is 0 Å². The molecule has 0 radical (unpaired) electrons. The molecule has 1 heterocycles. The van der Waals surface area contributed by atoms with Crippen molar-refractivity contribution in [1.29, 1.82) is 0 Å². The van der Waals surface area contributed by atoms with E-state index in [0.29, 0.717) is 0 Å². The number of nitrogens with zero attached hydrogens (tertiary/aromatic N) is 1. The Morgan fingerprint density at radius 3 is 2.19 bits per heavy atom. The molecule has 0 fully saturated rings. The predicted octanol–water partition coefficient (Wildman–Crippen LogP) is 5.39. The zero-order valence-corrected chi connectivity index (χ0v) is 16.2. The Kier molecular flexibility index (Phi) is 6.43. The Labute approximate surface area is 174 Å². The first-order valence-corrected chi connectivity index (χ1v) is 9.18. The quantitative estimate of drug-likeness (QED) is 0.385. The summed E-state index contributed by atoms with van der Waals surface area (Å²) in [6.45, 7) is 1.53. The van der Waals surface area contributed by atoms with Gasteiger partial charge in [-0.2, -0.15) is 13.2 Å². The van der Waals surface area contributed by atoms with Crippen molar-refractivity contribution in [2.75, 3.05) is 11.5 Å². The smallest absolute Gasteiger partial charge is 0.416 e. The minimum atomic E-state index is -4.57. The molecule has 0 saturated heterocycles. The van der Waals surface area contributed by atoms with Crippen molar-refractivity contribution in [3.05, 3.63) is 89.6 Å². The Morgan fingerprint density at radius 1 is 1.03 bits per heavy atom. The maximum absolute atomic E-state index is 13.5. The zero-order valence-electron chi connectivity index (χ0n) is 16.2. The summed E-state index contributed by atoms with van der Waals surface area (Å²) in [6.07, 6.45) is -3.31. The second kappa shape index (κ2) is 9.03. The number of anilines is 1. The van der Waals surface area contributed by atoms with Crippen LogP contribution in [0.1, 0.15) is 34.6 Å². The summed E-state index contributed by atoms with van der Waals surface area (Å²) < 4.78 is 62.6. The van der Waals surface area contributed by atoms with Crippen LogP contribution in [0.3, 0.4) is 0 Å². The first kappa shape index (κ1) is 22.1. The monoisotopic (exact) mass is 435 g/mol. The highest BCUT2D eigenvalue weighted by Crippen LogP contribution is 2.34. The van der Waals surface area contributed by atoms with Gasteiger partial charge in [0, 0.05) is 5.69 Å². The van der Waals surface area contributed by atoms with Gasteiger partial charge in [-0.3, -0.25) is 9.69 Å². The Morgan fingerprint density at radius 2 is 1.68 bits per heavy atom. The fourth-order valence-corrected chi connectivity index (χ4v) is 2.97. The van der Waals surface area contributed by atoms with Crippen molar-refractivity contribution in [1.82, 2.24) is 0 Å². The molecule has 1 amide bonds. The molecule has 0 spiro atoms. The number of halogens is 4. The highest BCUT2D eigenvalue weighted by Gasteiger charge is 2.37. The van der Waals surface area contributed by atoms with E-state index in [1.165, 1.54) is 30.5 Å². The van der Waals surface area contributed by atoms with Gasteiger partial charge in [0.25, 0.3) is 5.91 Å². The van der Waals surface area contributed by atoms with Gasteiger partial charge in [0.1, 0.15) is 5.82 Å². The molecule has 1 unspecified atom stereocenters. The lowest BCUT2D eigenvalue weighted by Gasteiger charge is -2.30. The van der Waals surface area contributed by atoms with E-state index in [1.54, 1.807) is 6.92 Å². The molecule has 9 heteroatoms. The summed E-state index contributed by atoms with van der Waals surface area (Å²) in [7, 11) is 0. The highest BCUT2D eigenvalue weighted by molar-refractivity contribution is 6.08. The van der Waals surface area contributed by atoms with E-state index in [-0.39, 0.29) is 23.6 Å². The number of hydrogen-bond donors (Lipinski definition) is 0. The lowest BCUT2D eigenvalue weighted by molar-refractivity contribution is -0.144. The molecule has 0 bridgehead atoms. The number of alkyl halides is 3. The van der Waals surface area contributed by atoms with Crippen LogP contribution in [0, 0.1) is 5.82 Å². The maximum atomic E-state index is 13.5. The average molecular weight is 435 g/mol. The number of furan rings is 1. The molecular formula is C22H17F4NO4. The van der Waals surface area contributed by atoms with E-state index >= 15 is 0 Å². The van der Waals surface area contributed by atoms with Crippen molar-refractivity contribution < 1.29 is 36.3 Å². The lowest BCUT2D eigenvalue weighted by atomic mass is 10.0. The molecule has 2 aromatic carbocycles. The minimum absolute atomic E-state index is 0.0256. The molecular weight excluding hydrogens is 418 g/mol. The van der Waals surface area contributed by atoms with Crippen LogP contribution in [0.15, 0.2) is 71.3 Å². The van der Waals surface area contributed by atoms with E-state index in [2.05, 4.69) is 0 Å². The summed E-state index contributed by atoms with van der Waals surface area (Å²) in [5, 5.41) is 0. The second-order valence-electron chi connectivity index (χ2n) is 6.40. The highest BCUT2D eigenvalue weighted by atomic mass is 19.4. The van der Waals surface area contributed by atoms with Crippen molar-refractivity contribution in [3.8, 4) is 0 Å². The molecule has 3 rings (SSSR count). The van der Waals surface area contributed by atoms with Crippen molar-refractivity contribution in [3.63, 3.8) is 0 Å². The summed E-state index contributed by atoms with van der Waals surface area (Å²) in [5.74, 6) is -2.32. The maximum Gasteiger partial charge on any atom is 0.416 e. The number of rotatable bonds is 6. The number of carbonyl (C=O) groups excluding carboxylic acids is 2. The van der Waals surface area contributed by atoms with Crippen LogP contribution in [0.25, 0.3) is 0 Å². The van der Waals surface area contributed by atoms with E-state index in [9.17, 15) is 27.2 Å². The Balaban J connectivity index is 2.14. The van der Waals surface area contributed by atoms with Crippen LogP contribution >= 0.6 is 0 Å². The largest absolute Gasteiger partial charge is 0.464 e. The fraction of sp³-hybridized carbons (Fsp3) is 0.182. The number of ether oxygens (including phenoxy) is 1. The van der Waals surface area contributed by atoms with E-state index in [1.807, 2.05) is 0 Å². The van der Waals surface area contributed by atoms with E-state index in [4.69, 9.17) is 9.15 Å². The van der Waals surface area contributed by atoms with Gasteiger partial charge in [0.05, 0.1) is 18.4 Å². The van der Waals surface area contributed by atoms with Gasteiger partial charge in [-0.25, -0.2) is 9.18 Å². The normalized spacial score (nSPS) is 12.3. The zero-order chi connectivity index (χ0) is 22.6. The molecule has 31 heavy (non-hydrogen) atoms. The molecule has 1 atom stereocenters. The standard InChI is InChI=1S/C22H17F4NO4/c1-2-30-21(29)19(14-5-7-15(8-6-14)22(24,25)26)27(17-11-9-16(23)10-12-17)20(28)18-4-3-13-31-18/h3-13,19H,2H2,1H3. The summed E-state index contributed by atoms with van der Waals surface area (Å²) in [5.41, 5.74) is -0.707. The molecule has 3 aromatic rings. The summed E-state index contributed by atoms with van der Waals surface area (Å²) in [4.78, 5) is 27.0.